The molecule has 2 saturated carbocycles. The van der Waals surface area contributed by atoms with E-state index in [4.69, 9.17) is 11.6 Å². The second-order valence-electron chi connectivity index (χ2n) is 5.30. The number of halogens is 1. The first-order chi connectivity index (χ1) is 8.79. The molecule has 2 fully saturated rings. The maximum Gasteiger partial charge on any atom is 0.165 e. The van der Waals surface area contributed by atoms with E-state index >= 15 is 0 Å². The largest absolute Gasteiger partial charge is 0.396 e. The van der Waals surface area contributed by atoms with Gasteiger partial charge in [-0.15, -0.1) is 0 Å². The van der Waals surface area contributed by atoms with Crippen molar-refractivity contribution in [2.75, 3.05) is 6.61 Å². The summed E-state index contributed by atoms with van der Waals surface area (Å²) in [6.07, 6.45) is 5.52. The van der Waals surface area contributed by atoms with Gasteiger partial charge in [0.15, 0.2) is 10.8 Å². The fourth-order valence-corrected chi connectivity index (χ4v) is 3.65. The van der Waals surface area contributed by atoms with E-state index in [2.05, 4.69) is 19.5 Å². The summed E-state index contributed by atoms with van der Waals surface area (Å²) in [6.45, 7) is 0.292. The van der Waals surface area contributed by atoms with Crippen molar-refractivity contribution < 1.29 is 5.11 Å². The zero-order valence-corrected chi connectivity index (χ0v) is 10.5. The Morgan fingerprint density at radius 2 is 2.17 bits per heavy atom. The Bertz CT molecular complexity index is 613. The number of aliphatic hydroxyl groups excluding tert-OH is 1. The number of rotatable bonds is 2. The van der Waals surface area contributed by atoms with Gasteiger partial charge in [0, 0.05) is 12.6 Å². The molecule has 2 aromatic rings. The summed E-state index contributed by atoms with van der Waals surface area (Å²) in [5.41, 5.74) is 1.48. The number of fused-ring (bicyclic) bond motifs is 2. The molecule has 2 heterocycles. The zero-order chi connectivity index (χ0) is 12.3. The molecule has 0 saturated heterocycles. The average Bonchev–Trinajstić information content (AvgIpc) is 2.91. The van der Waals surface area contributed by atoms with Crippen molar-refractivity contribution in [2.24, 2.45) is 17.8 Å². The lowest BCUT2D eigenvalue weighted by Gasteiger charge is -2.16. The molecule has 0 spiro atoms. The van der Waals surface area contributed by atoms with Gasteiger partial charge in [0.2, 0.25) is 0 Å². The van der Waals surface area contributed by atoms with E-state index in [-0.39, 0.29) is 0 Å². The van der Waals surface area contributed by atoms with Crippen LogP contribution in [0.3, 0.4) is 0 Å². The molecule has 0 aromatic carbocycles. The minimum atomic E-state index is 0.292. The smallest absolute Gasteiger partial charge is 0.165 e. The molecule has 94 valence electrons. The summed E-state index contributed by atoms with van der Waals surface area (Å²) < 4.78 is 2.11. The lowest BCUT2D eigenvalue weighted by Crippen LogP contribution is -2.11. The lowest BCUT2D eigenvalue weighted by atomic mass is 10.0. The van der Waals surface area contributed by atoms with E-state index in [0.29, 0.717) is 41.1 Å². The Kier molecular flexibility index (Phi) is 2.17. The lowest BCUT2D eigenvalue weighted by molar-refractivity contribution is 0.208. The van der Waals surface area contributed by atoms with Crippen molar-refractivity contribution in [3.05, 3.63) is 17.8 Å². The summed E-state index contributed by atoms with van der Waals surface area (Å²) in [6, 6.07) is 0.406. The highest BCUT2D eigenvalue weighted by Gasteiger charge is 2.54. The fourth-order valence-electron chi connectivity index (χ4n) is 3.48. The van der Waals surface area contributed by atoms with Gasteiger partial charge >= 0.3 is 0 Å². The number of aliphatic hydroxyl groups is 1. The third-order valence-electron chi connectivity index (χ3n) is 4.44. The van der Waals surface area contributed by atoms with Crippen molar-refractivity contribution in [1.29, 1.82) is 0 Å². The molecule has 2 aliphatic rings. The number of hydrogen-bond donors (Lipinski definition) is 1. The molecule has 2 aliphatic carbocycles. The Morgan fingerprint density at radius 1 is 1.28 bits per heavy atom. The Labute approximate surface area is 109 Å². The van der Waals surface area contributed by atoms with Crippen LogP contribution in [0.2, 0.25) is 5.15 Å². The van der Waals surface area contributed by atoms with Gasteiger partial charge in [-0.25, -0.2) is 15.0 Å². The van der Waals surface area contributed by atoms with Gasteiger partial charge in [-0.3, -0.25) is 0 Å². The molecule has 18 heavy (non-hydrogen) atoms. The van der Waals surface area contributed by atoms with Gasteiger partial charge in [0.25, 0.3) is 0 Å². The van der Waals surface area contributed by atoms with Crippen LogP contribution in [0.4, 0.5) is 0 Å². The summed E-state index contributed by atoms with van der Waals surface area (Å²) in [5.74, 6) is 1.80. The maximum atomic E-state index is 9.36. The summed E-state index contributed by atoms with van der Waals surface area (Å²) >= 11 is 6.01. The summed E-state index contributed by atoms with van der Waals surface area (Å²) in [4.78, 5) is 12.5. The van der Waals surface area contributed by atoms with Crippen LogP contribution >= 0.6 is 11.6 Å². The molecule has 4 atom stereocenters. The van der Waals surface area contributed by atoms with E-state index in [9.17, 15) is 5.11 Å². The Balaban J connectivity index is 1.78. The van der Waals surface area contributed by atoms with Crippen molar-refractivity contribution in [3.63, 3.8) is 0 Å². The standard InChI is InChI=1S/C12H13ClN4O/c13-11-10-12(15-4-14-11)17(5-16-10)9-1-6(3-18)7-2-8(7)9/h4-9,18H,1-3H2. The Hall–Kier alpha value is -1.20. The highest BCUT2D eigenvalue weighted by molar-refractivity contribution is 6.33. The first-order valence-corrected chi connectivity index (χ1v) is 6.61. The molecule has 4 unspecified atom stereocenters. The topological polar surface area (TPSA) is 63.8 Å². The van der Waals surface area contributed by atoms with E-state index in [0.717, 1.165) is 12.1 Å². The molecule has 0 radical (unpaired) electrons. The highest BCUT2D eigenvalue weighted by Crippen LogP contribution is 2.60. The molecule has 0 amide bonds. The van der Waals surface area contributed by atoms with Crippen LogP contribution in [0.25, 0.3) is 11.2 Å². The van der Waals surface area contributed by atoms with Gasteiger partial charge < -0.3 is 9.67 Å². The van der Waals surface area contributed by atoms with Crippen LogP contribution in [-0.4, -0.2) is 31.2 Å². The minimum absolute atomic E-state index is 0.292. The molecule has 5 nitrogen and oxygen atoms in total. The van der Waals surface area contributed by atoms with Gasteiger partial charge in [0.1, 0.15) is 11.8 Å². The van der Waals surface area contributed by atoms with E-state index in [1.54, 1.807) is 0 Å². The van der Waals surface area contributed by atoms with Crippen LogP contribution in [0, 0.1) is 17.8 Å². The monoisotopic (exact) mass is 264 g/mol. The predicted octanol–water partition coefficient (Wildman–Crippen LogP) is 1.67. The van der Waals surface area contributed by atoms with Crippen LogP contribution in [-0.2, 0) is 0 Å². The van der Waals surface area contributed by atoms with Crippen LogP contribution < -0.4 is 0 Å². The molecule has 0 bridgehead atoms. The van der Waals surface area contributed by atoms with Crippen LogP contribution in [0.1, 0.15) is 18.9 Å². The molecule has 2 aromatic heterocycles. The average molecular weight is 265 g/mol. The van der Waals surface area contributed by atoms with Gasteiger partial charge in [-0.1, -0.05) is 11.6 Å². The SMILES string of the molecule is OCC1CC(n2cnc3c(Cl)ncnc32)C2CC12. The quantitative estimate of drug-likeness (QED) is 0.838. The maximum absolute atomic E-state index is 9.36. The van der Waals surface area contributed by atoms with Crippen molar-refractivity contribution in [2.45, 2.75) is 18.9 Å². The van der Waals surface area contributed by atoms with Crippen LogP contribution in [0.15, 0.2) is 12.7 Å². The first kappa shape index (κ1) is 10.7. The third-order valence-corrected chi connectivity index (χ3v) is 4.72. The second kappa shape index (κ2) is 3.65. The number of aromatic nitrogens is 4. The molecule has 6 heteroatoms. The molecule has 0 aliphatic heterocycles. The van der Waals surface area contributed by atoms with Gasteiger partial charge in [-0.2, -0.15) is 0 Å². The number of hydrogen-bond acceptors (Lipinski definition) is 4. The predicted molar refractivity (Wildman–Crippen MR) is 66.2 cm³/mol. The highest BCUT2D eigenvalue weighted by atomic mass is 35.5. The molecular formula is C12H13ClN4O. The van der Waals surface area contributed by atoms with Crippen LogP contribution in [0.5, 0.6) is 0 Å². The van der Waals surface area contributed by atoms with Gasteiger partial charge in [-0.05, 0) is 30.6 Å². The third kappa shape index (κ3) is 1.34. The normalized spacial score (nSPS) is 33.9. The van der Waals surface area contributed by atoms with Crippen molar-refractivity contribution in [1.82, 2.24) is 19.5 Å². The molecule has 4 rings (SSSR count). The summed E-state index contributed by atoms with van der Waals surface area (Å²) in [5, 5.41) is 9.77. The number of imidazole rings is 1. The van der Waals surface area contributed by atoms with Gasteiger partial charge in [0.05, 0.1) is 6.33 Å². The Morgan fingerprint density at radius 3 is 2.94 bits per heavy atom. The van der Waals surface area contributed by atoms with Crippen molar-refractivity contribution in [3.8, 4) is 0 Å². The zero-order valence-electron chi connectivity index (χ0n) is 9.70. The second-order valence-corrected chi connectivity index (χ2v) is 5.66. The molecular weight excluding hydrogens is 252 g/mol. The van der Waals surface area contributed by atoms with E-state index in [1.807, 2.05) is 6.33 Å². The van der Waals surface area contributed by atoms with Crippen molar-refractivity contribution >= 4 is 22.8 Å². The minimum Gasteiger partial charge on any atom is -0.396 e. The number of nitrogens with zero attached hydrogens (tertiary/aromatic N) is 4. The summed E-state index contributed by atoms with van der Waals surface area (Å²) in [7, 11) is 0. The fraction of sp³-hybridized carbons (Fsp3) is 0.583. The van der Waals surface area contributed by atoms with E-state index in [1.165, 1.54) is 12.7 Å². The first-order valence-electron chi connectivity index (χ1n) is 6.23. The molecule has 1 N–H and O–H groups in total. The van der Waals surface area contributed by atoms with E-state index < -0.39 is 0 Å².